The molecule has 0 unspecified atom stereocenters. The van der Waals surface area contributed by atoms with Gasteiger partial charge in [-0.2, -0.15) is 0 Å². The molecule has 0 aliphatic heterocycles. The van der Waals surface area contributed by atoms with Crippen LogP contribution in [0.2, 0.25) is 5.02 Å². The van der Waals surface area contributed by atoms with Crippen molar-refractivity contribution in [3.63, 3.8) is 0 Å². The molecule has 6 nitrogen and oxygen atoms in total. The zero-order valence-corrected chi connectivity index (χ0v) is 14.0. The number of benzene rings is 1. The van der Waals surface area contributed by atoms with Crippen LogP contribution in [0.1, 0.15) is 10.4 Å². The maximum Gasteiger partial charge on any atom is 0.337 e. The van der Waals surface area contributed by atoms with Crippen molar-refractivity contribution >= 4 is 43.5 Å². The van der Waals surface area contributed by atoms with Gasteiger partial charge in [-0.1, -0.05) is 11.6 Å². The van der Waals surface area contributed by atoms with Crippen molar-refractivity contribution in [3.8, 4) is 0 Å². The smallest absolute Gasteiger partial charge is 0.337 e. The van der Waals surface area contributed by atoms with Gasteiger partial charge in [0, 0.05) is 17.6 Å². The third kappa shape index (κ3) is 4.42. The average molecular weight is 386 g/mol. The fraction of sp³-hybridized carbons (Fsp3) is 0.364. The third-order valence-corrected chi connectivity index (χ3v) is 5.09. The molecule has 0 bridgehead atoms. The van der Waals surface area contributed by atoms with Gasteiger partial charge in [-0.3, -0.25) is 0 Å². The van der Waals surface area contributed by atoms with E-state index in [1.54, 1.807) is 0 Å². The number of carboxylic acids is 1. The van der Waals surface area contributed by atoms with Crippen LogP contribution in [0.4, 0.5) is 0 Å². The molecule has 112 valence electrons. The van der Waals surface area contributed by atoms with Crippen LogP contribution < -0.4 is 4.72 Å². The van der Waals surface area contributed by atoms with Crippen molar-refractivity contribution in [2.45, 2.75) is 4.90 Å². The van der Waals surface area contributed by atoms with E-state index >= 15 is 0 Å². The van der Waals surface area contributed by atoms with Crippen LogP contribution >= 0.6 is 27.5 Å². The van der Waals surface area contributed by atoms with E-state index < -0.39 is 16.0 Å². The molecule has 2 N–H and O–H groups in total. The van der Waals surface area contributed by atoms with Crippen LogP contribution in [0.15, 0.2) is 21.5 Å². The normalized spacial score (nSPS) is 11.8. The molecule has 9 heteroatoms. The van der Waals surface area contributed by atoms with E-state index in [0.717, 1.165) is 6.07 Å². The van der Waals surface area contributed by atoms with Crippen molar-refractivity contribution in [2.24, 2.45) is 0 Å². The molecule has 0 saturated heterocycles. The van der Waals surface area contributed by atoms with E-state index in [2.05, 4.69) is 20.7 Å². The SMILES string of the molecule is CN(C)CCNS(=O)(=O)c1cc(Br)c(Cl)c(C(=O)O)c1. The minimum absolute atomic E-state index is 0.0373. The van der Waals surface area contributed by atoms with Gasteiger partial charge in [0.15, 0.2) is 0 Å². The van der Waals surface area contributed by atoms with Crippen molar-refractivity contribution in [3.05, 3.63) is 27.2 Å². The van der Waals surface area contributed by atoms with Crippen molar-refractivity contribution < 1.29 is 18.3 Å². The summed E-state index contributed by atoms with van der Waals surface area (Å²) in [6, 6.07) is 2.31. The highest BCUT2D eigenvalue weighted by Gasteiger charge is 2.20. The molecule has 20 heavy (non-hydrogen) atoms. The minimum atomic E-state index is -3.78. The maximum atomic E-state index is 12.1. The molecular formula is C11H14BrClN2O4S. The molecule has 0 amide bonds. The monoisotopic (exact) mass is 384 g/mol. The molecule has 0 aromatic heterocycles. The fourth-order valence-electron chi connectivity index (χ4n) is 1.36. The highest BCUT2D eigenvalue weighted by atomic mass is 79.9. The Balaban J connectivity index is 3.10. The Morgan fingerprint density at radius 1 is 1.45 bits per heavy atom. The van der Waals surface area contributed by atoms with E-state index in [9.17, 15) is 13.2 Å². The number of carbonyl (C=O) groups is 1. The quantitative estimate of drug-likeness (QED) is 0.777. The van der Waals surface area contributed by atoms with Crippen molar-refractivity contribution in [2.75, 3.05) is 27.2 Å². The number of likely N-dealkylation sites (N-methyl/N-ethyl adjacent to an activating group) is 1. The van der Waals surface area contributed by atoms with E-state index in [4.69, 9.17) is 16.7 Å². The summed E-state index contributed by atoms with van der Waals surface area (Å²) in [5.41, 5.74) is -0.269. The van der Waals surface area contributed by atoms with Gasteiger partial charge in [0.05, 0.1) is 15.5 Å². The Hall–Kier alpha value is -0.670. The van der Waals surface area contributed by atoms with Crippen molar-refractivity contribution in [1.29, 1.82) is 0 Å². The third-order valence-electron chi connectivity index (χ3n) is 2.39. The number of halogens is 2. The van der Waals surface area contributed by atoms with Gasteiger partial charge in [-0.15, -0.1) is 0 Å². The standard InChI is InChI=1S/C11H14BrClN2O4S/c1-15(2)4-3-14-20(18,19)7-5-8(11(16)17)10(13)9(12)6-7/h5-6,14H,3-4H2,1-2H3,(H,16,17). The second kappa shape index (κ2) is 6.86. The molecule has 0 radical (unpaired) electrons. The topological polar surface area (TPSA) is 86.7 Å². The number of hydrogen-bond donors (Lipinski definition) is 2. The molecule has 0 heterocycles. The molecule has 0 saturated carbocycles. The van der Waals surface area contributed by atoms with Crippen LogP contribution in [-0.4, -0.2) is 51.6 Å². The molecule has 0 atom stereocenters. The molecular weight excluding hydrogens is 372 g/mol. The van der Waals surface area contributed by atoms with E-state index in [1.807, 2.05) is 19.0 Å². The lowest BCUT2D eigenvalue weighted by atomic mass is 10.2. The van der Waals surface area contributed by atoms with E-state index in [1.165, 1.54) is 6.07 Å². The summed E-state index contributed by atoms with van der Waals surface area (Å²) in [7, 11) is -0.149. The summed E-state index contributed by atoms with van der Waals surface area (Å²) < 4.78 is 26.7. The first kappa shape index (κ1) is 17.4. The van der Waals surface area contributed by atoms with E-state index in [0.29, 0.717) is 6.54 Å². The lowest BCUT2D eigenvalue weighted by Gasteiger charge is -2.12. The van der Waals surface area contributed by atoms with Gasteiger partial charge < -0.3 is 10.0 Å². The minimum Gasteiger partial charge on any atom is -0.478 e. The van der Waals surface area contributed by atoms with Crippen LogP contribution in [0.3, 0.4) is 0 Å². The second-order valence-electron chi connectivity index (χ2n) is 4.27. The second-order valence-corrected chi connectivity index (χ2v) is 7.27. The Kier molecular flexibility index (Phi) is 5.96. The zero-order chi connectivity index (χ0) is 15.5. The van der Waals surface area contributed by atoms with Gasteiger partial charge >= 0.3 is 5.97 Å². The largest absolute Gasteiger partial charge is 0.478 e. The number of nitrogens with one attached hydrogen (secondary N) is 1. The van der Waals surface area contributed by atoms with Crippen LogP contribution in [0, 0.1) is 0 Å². The van der Waals surface area contributed by atoms with Crippen LogP contribution in [0.5, 0.6) is 0 Å². The number of hydrogen-bond acceptors (Lipinski definition) is 4. The summed E-state index contributed by atoms with van der Waals surface area (Å²) in [5, 5.41) is 8.96. The van der Waals surface area contributed by atoms with Crippen LogP contribution in [0.25, 0.3) is 0 Å². The first-order chi connectivity index (χ1) is 9.15. The highest BCUT2D eigenvalue weighted by Crippen LogP contribution is 2.29. The van der Waals surface area contributed by atoms with Gasteiger partial charge in [0.1, 0.15) is 0 Å². The molecule has 0 spiro atoms. The summed E-state index contributed by atoms with van der Waals surface area (Å²) >= 11 is 8.86. The number of nitrogens with zero attached hydrogens (tertiary/aromatic N) is 1. The Morgan fingerprint density at radius 2 is 2.05 bits per heavy atom. The number of carboxylic acid groups (broad SMARTS) is 1. The Morgan fingerprint density at radius 3 is 2.55 bits per heavy atom. The highest BCUT2D eigenvalue weighted by molar-refractivity contribution is 9.10. The predicted octanol–water partition coefficient (Wildman–Crippen LogP) is 1.64. The number of aromatic carboxylic acids is 1. The summed E-state index contributed by atoms with van der Waals surface area (Å²) in [5.74, 6) is -1.29. The van der Waals surface area contributed by atoms with E-state index in [-0.39, 0.29) is 26.5 Å². The molecule has 1 aromatic carbocycles. The summed E-state index contributed by atoms with van der Waals surface area (Å²) in [4.78, 5) is 12.7. The fourth-order valence-corrected chi connectivity index (χ4v) is 3.24. The first-order valence-corrected chi connectivity index (χ1v) is 8.17. The molecule has 0 fully saturated rings. The average Bonchev–Trinajstić information content (AvgIpc) is 2.31. The van der Waals surface area contributed by atoms with Crippen LogP contribution in [-0.2, 0) is 10.0 Å². The predicted molar refractivity (Wildman–Crippen MR) is 79.9 cm³/mol. The van der Waals surface area contributed by atoms with Gasteiger partial charge in [0.2, 0.25) is 10.0 Å². The van der Waals surface area contributed by atoms with Gasteiger partial charge in [-0.25, -0.2) is 17.9 Å². The van der Waals surface area contributed by atoms with Gasteiger partial charge in [-0.05, 0) is 42.2 Å². The molecule has 0 aliphatic rings. The summed E-state index contributed by atoms with van der Waals surface area (Å²) in [6.07, 6.45) is 0. The molecule has 1 aromatic rings. The Labute approximate surface area is 130 Å². The van der Waals surface area contributed by atoms with Gasteiger partial charge in [0.25, 0.3) is 0 Å². The first-order valence-electron chi connectivity index (χ1n) is 5.52. The number of sulfonamides is 1. The molecule has 1 rings (SSSR count). The lowest BCUT2D eigenvalue weighted by molar-refractivity contribution is 0.0696. The summed E-state index contributed by atoms with van der Waals surface area (Å²) in [6.45, 7) is 0.748. The molecule has 0 aliphatic carbocycles. The van der Waals surface area contributed by atoms with Crippen molar-refractivity contribution in [1.82, 2.24) is 9.62 Å². The maximum absolute atomic E-state index is 12.1. The lowest BCUT2D eigenvalue weighted by Crippen LogP contribution is -2.31. The Bertz CT molecular complexity index is 619. The number of rotatable bonds is 6. The zero-order valence-electron chi connectivity index (χ0n) is 10.9.